The summed E-state index contributed by atoms with van der Waals surface area (Å²) in [6, 6.07) is 3.48. The summed E-state index contributed by atoms with van der Waals surface area (Å²) in [5, 5.41) is 0. The average Bonchev–Trinajstić information content (AvgIpc) is 2.55. The Hall–Kier alpha value is -1.05. The van der Waals surface area contributed by atoms with Crippen LogP contribution in [0.2, 0.25) is 0 Å². The Morgan fingerprint density at radius 2 is 2.09 bits per heavy atom. The van der Waals surface area contributed by atoms with Gasteiger partial charge in [-0.1, -0.05) is 20.8 Å². The minimum absolute atomic E-state index is 0.409. The Morgan fingerprint density at radius 1 is 1.45 bits per heavy atom. The molecule has 1 rings (SSSR count). The maximum absolute atomic E-state index is 10.0. The van der Waals surface area contributed by atoms with Gasteiger partial charge in [0, 0.05) is 6.42 Å². The molecule has 1 aromatic heterocycles. The van der Waals surface area contributed by atoms with Crippen molar-refractivity contribution < 1.29 is 9.21 Å². The van der Waals surface area contributed by atoms with Crippen LogP contribution in [0.15, 0.2) is 16.5 Å². The molecule has 0 aliphatic carbocycles. The summed E-state index contributed by atoms with van der Waals surface area (Å²) in [6.45, 7) is 5.98. The predicted octanol–water partition coefficient (Wildman–Crippen LogP) is 2.68. The molecular weight excluding hydrogens is 140 g/mol. The molecule has 2 heteroatoms. The third-order valence-electron chi connectivity index (χ3n) is 1.15. The van der Waals surface area contributed by atoms with Gasteiger partial charge in [-0.25, -0.2) is 0 Å². The maximum Gasteiger partial charge on any atom is 0.185 e. The molecule has 0 N–H and O–H groups in total. The number of hydrogen-bond acceptors (Lipinski definition) is 2. The van der Waals surface area contributed by atoms with E-state index < -0.39 is 0 Å². The van der Waals surface area contributed by atoms with Crippen molar-refractivity contribution in [1.29, 1.82) is 0 Å². The first-order valence-electron chi connectivity index (χ1n) is 3.90. The lowest BCUT2D eigenvalue weighted by atomic mass is 10.4. The van der Waals surface area contributed by atoms with Gasteiger partial charge >= 0.3 is 0 Å². The topological polar surface area (TPSA) is 30.2 Å². The first-order chi connectivity index (χ1) is 5.36. The summed E-state index contributed by atoms with van der Waals surface area (Å²) in [5.41, 5.74) is 0. The molecule has 0 spiro atoms. The summed E-state index contributed by atoms with van der Waals surface area (Å²) in [6.07, 6.45) is 1.55. The van der Waals surface area contributed by atoms with Crippen LogP contribution < -0.4 is 0 Å². The molecule has 0 saturated heterocycles. The normalized spacial score (nSPS) is 8.27. The van der Waals surface area contributed by atoms with Gasteiger partial charge in [0.2, 0.25) is 0 Å². The summed E-state index contributed by atoms with van der Waals surface area (Å²) in [5.74, 6) is 1.27. The van der Waals surface area contributed by atoms with Gasteiger partial charge in [-0.15, -0.1) is 0 Å². The molecule has 11 heavy (non-hydrogen) atoms. The van der Waals surface area contributed by atoms with Crippen LogP contribution in [0.4, 0.5) is 0 Å². The van der Waals surface area contributed by atoms with Crippen LogP contribution in [-0.2, 0) is 6.42 Å². The molecule has 0 aliphatic rings. The molecule has 0 saturated carbocycles. The van der Waals surface area contributed by atoms with Crippen molar-refractivity contribution >= 4 is 6.29 Å². The lowest BCUT2D eigenvalue weighted by Crippen LogP contribution is -1.71. The van der Waals surface area contributed by atoms with Crippen molar-refractivity contribution in [3.63, 3.8) is 0 Å². The van der Waals surface area contributed by atoms with Gasteiger partial charge in [0.05, 0.1) is 0 Å². The van der Waals surface area contributed by atoms with Crippen molar-refractivity contribution in [2.45, 2.75) is 27.2 Å². The number of carbonyl (C=O) groups excluding carboxylic acids is 1. The summed E-state index contributed by atoms with van der Waals surface area (Å²) in [4.78, 5) is 10.0. The third kappa shape index (κ3) is 3.03. The van der Waals surface area contributed by atoms with Crippen LogP contribution in [0, 0.1) is 0 Å². The van der Waals surface area contributed by atoms with Crippen LogP contribution in [0.1, 0.15) is 37.1 Å². The number of aldehydes is 1. The lowest BCUT2D eigenvalue weighted by molar-refractivity contribution is 0.109. The highest BCUT2D eigenvalue weighted by molar-refractivity contribution is 5.70. The lowest BCUT2D eigenvalue weighted by Gasteiger charge is -1.82. The van der Waals surface area contributed by atoms with Crippen molar-refractivity contribution in [1.82, 2.24) is 0 Å². The number of aryl methyl sites for hydroxylation is 1. The van der Waals surface area contributed by atoms with E-state index in [1.807, 2.05) is 26.8 Å². The van der Waals surface area contributed by atoms with E-state index in [2.05, 4.69) is 0 Å². The number of rotatable bonds is 2. The molecule has 62 valence electrons. The van der Waals surface area contributed by atoms with Gasteiger partial charge in [0.15, 0.2) is 12.0 Å². The average molecular weight is 154 g/mol. The number of hydrogen-bond donors (Lipinski definition) is 0. The fourth-order valence-corrected chi connectivity index (χ4v) is 0.648. The molecule has 0 unspecified atom stereocenters. The molecule has 0 bridgehead atoms. The van der Waals surface area contributed by atoms with Crippen LogP contribution in [0.25, 0.3) is 0 Å². The van der Waals surface area contributed by atoms with Crippen molar-refractivity contribution in [3.05, 3.63) is 23.7 Å². The number of carbonyl (C=O) groups is 1. The van der Waals surface area contributed by atoms with E-state index in [1.165, 1.54) is 0 Å². The standard InChI is InChI=1S/C7H8O2.C2H6/c1-2-6-3-4-7(5-8)9-6;1-2/h3-5H,2H2,1H3;1-2H3. The van der Waals surface area contributed by atoms with Gasteiger partial charge in [0.1, 0.15) is 5.76 Å². The highest BCUT2D eigenvalue weighted by atomic mass is 16.3. The van der Waals surface area contributed by atoms with Crippen LogP contribution in [0.3, 0.4) is 0 Å². The zero-order chi connectivity index (χ0) is 8.69. The van der Waals surface area contributed by atoms with Gasteiger partial charge in [0.25, 0.3) is 0 Å². The minimum Gasteiger partial charge on any atom is -0.458 e. The number of furan rings is 1. The molecule has 0 amide bonds. The Morgan fingerprint density at radius 3 is 2.36 bits per heavy atom. The second kappa shape index (κ2) is 5.71. The molecule has 0 radical (unpaired) electrons. The van der Waals surface area contributed by atoms with Gasteiger partial charge in [-0.2, -0.15) is 0 Å². The zero-order valence-electron chi connectivity index (χ0n) is 7.26. The van der Waals surface area contributed by atoms with Gasteiger partial charge in [-0.3, -0.25) is 4.79 Å². The molecule has 0 fully saturated rings. The third-order valence-corrected chi connectivity index (χ3v) is 1.15. The smallest absolute Gasteiger partial charge is 0.185 e. The summed E-state index contributed by atoms with van der Waals surface area (Å²) < 4.78 is 5.01. The fourth-order valence-electron chi connectivity index (χ4n) is 0.648. The van der Waals surface area contributed by atoms with Crippen molar-refractivity contribution in [2.75, 3.05) is 0 Å². The van der Waals surface area contributed by atoms with Crippen molar-refractivity contribution in [2.24, 2.45) is 0 Å². The van der Waals surface area contributed by atoms with Crippen LogP contribution in [0.5, 0.6) is 0 Å². The SMILES string of the molecule is CC.CCc1ccc(C=O)o1. The molecular formula is C9H14O2. The predicted molar refractivity (Wildman–Crippen MR) is 44.8 cm³/mol. The van der Waals surface area contributed by atoms with E-state index in [9.17, 15) is 4.79 Å². The fraction of sp³-hybridized carbons (Fsp3) is 0.444. The molecule has 1 heterocycles. The molecule has 0 aromatic carbocycles. The van der Waals surface area contributed by atoms with E-state index in [1.54, 1.807) is 6.07 Å². The first-order valence-corrected chi connectivity index (χ1v) is 3.90. The minimum atomic E-state index is 0.409. The van der Waals surface area contributed by atoms with E-state index in [0.717, 1.165) is 12.2 Å². The van der Waals surface area contributed by atoms with E-state index in [-0.39, 0.29) is 0 Å². The second-order valence-corrected chi connectivity index (χ2v) is 1.78. The largest absolute Gasteiger partial charge is 0.458 e. The molecule has 0 aliphatic heterocycles. The monoisotopic (exact) mass is 154 g/mol. The molecule has 1 aromatic rings. The second-order valence-electron chi connectivity index (χ2n) is 1.78. The summed E-state index contributed by atoms with van der Waals surface area (Å²) in [7, 11) is 0. The first kappa shape index (κ1) is 9.95. The van der Waals surface area contributed by atoms with Crippen LogP contribution >= 0.6 is 0 Å². The molecule has 0 atom stereocenters. The van der Waals surface area contributed by atoms with Crippen LogP contribution in [-0.4, -0.2) is 6.29 Å². The highest BCUT2D eigenvalue weighted by Crippen LogP contribution is 2.04. The quantitative estimate of drug-likeness (QED) is 0.613. The van der Waals surface area contributed by atoms with E-state index >= 15 is 0 Å². The maximum atomic E-state index is 10.0. The summed E-state index contributed by atoms with van der Waals surface area (Å²) >= 11 is 0. The van der Waals surface area contributed by atoms with Gasteiger partial charge in [-0.05, 0) is 12.1 Å². The Bertz CT molecular complexity index is 201. The van der Waals surface area contributed by atoms with Crippen molar-refractivity contribution in [3.8, 4) is 0 Å². The molecule has 2 nitrogen and oxygen atoms in total. The Kier molecular flexibility index (Phi) is 5.17. The van der Waals surface area contributed by atoms with Gasteiger partial charge < -0.3 is 4.42 Å². The van der Waals surface area contributed by atoms with E-state index in [4.69, 9.17) is 4.42 Å². The highest BCUT2D eigenvalue weighted by Gasteiger charge is 1.95. The van der Waals surface area contributed by atoms with E-state index in [0.29, 0.717) is 12.0 Å². The zero-order valence-corrected chi connectivity index (χ0v) is 7.26. The Balaban J connectivity index is 0.000000461. The Labute approximate surface area is 67.2 Å².